The Hall–Kier alpha value is -1.46. The summed E-state index contributed by atoms with van der Waals surface area (Å²) in [7, 11) is 2.01. The Bertz CT molecular complexity index is 441. The second-order valence-electron chi connectivity index (χ2n) is 3.60. The van der Waals surface area contributed by atoms with Gasteiger partial charge in [0, 0.05) is 20.1 Å². The van der Waals surface area contributed by atoms with Crippen LogP contribution in [0.25, 0.3) is 0 Å². The summed E-state index contributed by atoms with van der Waals surface area (Å²) >= 11 is 1.54. The van der Waals surface area contributed by atoms with Gasteiger partial charge >= 0.3 is 0 Å². The number of hydrogen-bond acceptors (Lipinski definition) is 5. The third kappa shape index (κ3) is 2.56. The summed E-state index contributed by atoms with van der Waals surface area (Å²) in [6, 6.07) is 8.29. The van der Waals surface area contributed by atoms with Crippen LogP contribution in [0, 0.1) is 0 Å². The molecule has 84 valence electrons. The van der Waals surface area contributed by atoms with Crippen molar-refractivity contribution in [1.29, 1.82) is 0 Å². The molecule has 4 nitrogen and oxygen atoms in total. The number of aromatic nitrogens is 2. The molecule has 1 aromatic carbocycles. The number of anilines is 1. The highest BCUT2D eigenvalue weighted by molar-refractivity contribution is 7.13. The third-order valence-electron chi connectivity index (χ3n) is 2.32. The molecule has 0 spiro atoms. The van der Waals surface area contributed by atoms with Crippen LogP contribution in [0.5, 0.6) is 0 Å². The van der Waals surface area contributed by atoms with Gasteiger partial charge < -0.3 is 10.6 Å². The number of nitrogens with zero attached hydrogens (tertiary/aromatic N) is 3. The first-order valence-corrected chi connectivity index (χ1v) is 5.93. The van der Waals surface area contributed by atoms with Crippen LogP contribution in [-0.4, -0.2) is 17.2 Å². The fraction of sp³-hybridized carbons (Fsp3) is 0.273. The maximum Gasteiger partial charge on any atom is 0.208 e. The average Bonchev–Trinajstić information content (AvgIpc) is 2.83. The Morgan fingerprint density at radius 3 is 2.88 bits per heavy atom. The predicted octanol–water partition coefficient (Wildman–Crippen LogP) is 1.63. The SMILES string of the molecule is CN(Cc1cccc(CN)c1)c1nncs1. The van der Waals surface area contributed by atoms with E-state index in [4.69, 9.17) is 5.73 Å². The topological polar surface area (TPSA) is 55.0 Å². The molecule has 0 bridgehead atoms. The minimum atomic E-state index is 0.580. The second-order valence-corrected chi connectivity index (χ2v) is 4.41. The molecule has 5 heteroatoms. The molecule has 0 saturated heterocycles. The quantitative estimate of drug-likeness (QED) is 0.873. The summed E-state index contributed by atoms with van der Waals surface area (Å²) in [6.07, 6.45) is 0. The van der Waals surface area contributed by atoms with Crippen molar-refractivity contribution in [3.05, 3.63) is 40.9 Å². The lowest BCUT2D eigenvalue weighted by molar-refractivity contribution is 0.890. The van der Waals surface area contributed by atoms with Gasteiger partial charge in [0.25, 0.3) is 0 Å². The van der Waals surface area contributed by atoms with Gasteiger partial charge in [-0.15, -0.1) is 10.2 Å². The molecule has 2 N–H and O–H groups in total. The minimum absolute atomic E-state index is 0.580. The Balaban J connectivity index is 2.08. The summed E-state index contributed by atoms with van der Waals surface area (Å²) in [5.74, 6) is 0. The Kier molecular flexibility index (Phi) is 3.48. The molecule has 0 aliphatic heterocycles. The van der Waals surface area contributed by atoms with Crippen LogP contribution in [0.3, 0.4) is 0 Å². The molecule has 0 unspecified atom stereocenters. The van der Waals surface area contributed by atoms with Crippen LogP contribution in [0.2, 0.25) is 0 Å². The van der Waals surface area contributed by atoms with Crippen molar-refractivity contribution < 1.29 is 0 Å². The summed E-state index contributed by atoms with van der Waals surface area (Å²) < 4.78 is 0. The highest BCUT2D eigenvalue weighted by Crippen LogP contribution is 2.16. The van der Waals surface area contributed by atoms with E-state index in [0.29, 0.717) is 6.54 Å². The summed E-state index contributed by atoms with van der Waals surface area (Å²) in [6.45, 7) is 1.40. The molecule has 1 heterocycles. The van der Waals surface area contributed by atoms with Crippen molar-refractivity contribution in [2.45, 2.75) is 13.1 Å². The lowest BCUT2D eigenvalue weighted by Crippen LogP contribution is -2.16. The lowest BCUT2D eigenvalue weighted by Gasteiger charge is -2.15. The molecular formula is C11H14N4S. The summed E-state index contributed by atoms with van der Waals surface area (Å²) in [4.78, 5) is 2.08. The van der Waals surface area contributed by atoms with Gasteiger partial charge in [0.05, 0.1) is 0 Å². The van der Waals surface area contributed by atoms with Gasteiger partial charge in [-0.2, -0.15) is 0 Å². The van der Waals surface area contributed by atoms with Gasteiger partial charge in [-0.1, -0.05) is 35.6 Å². The van der Waals surface area contributed by atoms with Gasteiger partial charge in [0.1, 0.15) is 5.51 Å². The van der Waals surface area contributed by atoms with Crippen molar-refractivity contribution in [2.24, 2.45) is 5.73 Å². The van der Waals surface area contributed by atoms with E-state index in [1.165, 1.54) is 16.9 Å². The molecule has 0 saturated carbocycles. The smallest absolute Gasteiger partial charge is 0.208 e. The molecular weight excluding hydrogens is 220 g/mol. The standard InChI is InChI=1S/C11H14N4S/c1-15(11-14-13-8-16-11)7-10-4-2-3-9(5-10)6-12/h2-5,8H,6-7,12H2,1H3. The fourth-order valence-electron chi connectivity index (χ4n) is 1.53. The van der Waals surface area contributed by atoms with E-state index in [1.807, 2.05) is 19.2 Å². The normalized spacial score (nSPS) is 10.4. The summed E-state index contributed by atoms with van der Waals surface area (Å²) in [5, 5.41) is 8.78. The van der Waals surface area contributed by atoms with Gasteiger partial charge in [0.15, 0.2) is 0 Å². The molecule has 0 aliphatic carbocycles. The van der Waals surface area contributed by atoms with Crippen molar-refractivity contribution in [2.75, 3.05) is 11.9 Å². The number of benzene rings is 1. The third-order valence-corrected chi connectivity index (χ3v) is 3.13. The fourth-order valence-corrected chi connectivity index (χ4v) is 2.06. The Labute approximate surface area is 98.7 Å². The van der Waals surface area contributed by atoms with Gasteiger partial charge in [-0.25, -0.2) is 0 Å². The first-order valence-electron chi connectivity index (χ1n) is 5.05. The lowest BCUT2D eigenvalue weighted by atomic mass is 10.1. The van der Waals surface area contributed by atoms with Gasteiger partial charge in [-0.05, 0) is 11.1 Å². The molecule has 2 aromatic rings. The zero-order valence-electron chi connectivity index (χ0n) is 9.13. The van der Waals surface area contributed by atoms with Gasteiger partial charge in [0.2, 0.25) is 5.13 Å². The highest BCUT2D eigenvalue weighted by atomic mass is 32.1. The highest BCUT2D eigenvalue weighted by Gasteiger charge is 2.05. The van der Waals surface area contributed by atoms with Crippen LogP contribution in [0.4, 0.5) is 5.13 Å². The summed E-state index contributed by atoms with van der Waals surface area (Å²) in [5.41, 5.74) is 9.74. The zero-order valence-corrected chi connectivity index (χ0v) is 9.94. The van der Waals surface area contributed by atoms with Crippen molar-refractivity contribution in [3.8, 4) is 0 Å². The number of nitrogens with two attached hydrogens (primary N) is 1. The van der Waals surface area contributed by atoms with Crippen LogP contribution >= 0.6 is 11.3 Å². The molecule has 0 radical (unpaired) electrons. The first-order chi connectivity index (χ1) is 7.79. The molecule has 0 fully saturated rings. The van der Waals surface area contributed by atoms with E-state index in [2.05, 4.69) is 27.2 Å². The minimum Gasteiger partial charge on any atom is -0.345 e. The van der Waals surface area contributed by atoms with E-state index in [1.54, 1.807) is 5.51 Å². The van der Waals surface area contributed by atoms with Crippen LogP contribution < -0.4 is 10.6 Å². The second kappa shape index (κ2) is 5.05. The number of rotatable bonds is 4. The molecule has 16 heavy (non-hydrogen) atoms. The average molecular weight is 234 g/mol. The van der Waals surface area contributed by atoms with E-state index >= 15 is 0 Å². The van der Waals surface area contributed by atoms with Gasteiger partial charge in [-0.3, -0.25) is 0 Å². The molecule has 1 aromatic heterocycles. The van der Waals surface area contributed by atoms with E-state index in [9.17, 15) is 0 Å². The molecule has 0 atom stereocenters. The van der Waals surface area contributed by atoms with Crippen LogP contribution in [-0.2, 0) is 13.1 Å². The zero-order chi connectivity index (χ0) is 11.4. The first kappa shape index (κ1) is 11.0. The Morgan fingerprint density at radius 2 is 2.19 bits per heavy atom. The molecule has 0 aliphatic rings. The maximum atomic E-state index is 5.61. The van der Waals surface area contributed by atoms with Crippen molar-refractivity contribution in [3.63, 3.8) is 0 Å². The molecule has 2 rings (SSSR count). The van der Waals surface area contributed by atoms with Crippen LogP contribution in [0.1, 0.15) is 11.1 Å². The van der Waals surface area contributed by atoms with Crippen LogP contribution in [0.15, 0.2) is 29.8 Å². The van der Waals surface area contributed by atoms with E-state index in [0.717, 1.165) is 17.2 Å². The predicted molar refractivity (Wildman–Crippen MR) is 66.3 cm³/mol. The maximum absolute atomic E-state index is 5.61. The van der Waals surface area contributed by atoms with Crippen molar-refractivity contribution in [1.82, 2.24) is 10.2 Å². The van der Waals surface area contributed by atoms with E-state index in [-0.39, 0.29) is 0 Å². The number of hydrogen-bond donors (Lipinski definition) is 1. The van der Waals surface area contributed by atoms with E-state index < -0.39 is 0 Å². The van der Waals surface area contributed by atoms with Crippen molar-refractivity contribution >= 4 is 16.5 Å². The monoisotopic (exact) mass is 234 g/mol. The largest absolute Gasteiger partial charge is 0.345 e. The Morgan fingerprint density at radius 1 is 1.38 bits per heavy atom. The molecule has 0 amide bonds.